The summed E-state index contributed by atoms with van der Waals surface area (Å²) in [7, 11) is 3.19. The normalized spacial score (nSPS) is 17.0. The average molecular weight is 528 g/mol. The Labute approximate surface area is 211 Å². The summed E-state index contributed by atoms with van der Waals surface area (Å²) >= 11 is 20.9. The number of rotatable bonds is 6. The number of thioether (sulfide) groups is 1. The molecule has 3 aromatic rings. The predicted molar refractivity (Wildman–Crippen MR) is 132 cm³/mol. The van der Waals surface area contributed by atoms with E-state index in [1.807, 2.05) is 30.3 Å². The lowest BCUT2D eigenvalue weighted by Gasteiger charge is -2.23. The maximum atomic E-state index is 12.5. The van der Waals surface area contributed by atoms with Crippen LogP contribution in [0.15, 0.2) is 36.4 Å². The molecule has 2 atom stereocenters. The molecule has 0 amide bonds. The molecular formula is C23H21Cl3N2O4S. The van der Waals surface area contributed by atoms with E-state index < -0.39 is 5.25 Å². The van der Waals surface area contributed by atoms with Crippen molar-refractivity contribution in [2.75, 3.05) is 20.8 Å². The van der Waals surface area contributed by atoms with Gasteiger partial charge in [-0.25, -0.2) is 4.98 Å². The number of nitrogens with zero attached hydrogens (tertiary/aromatic N) is 2. The maximum absolute atomic E-state index is 12.5. The molecule has 0 fully saturated rings. The van der Waals surface area contributed by atoms with Crippen LogP contribution in [0, 0.1) is 0 Å². The van der Waals surface area contributed by atoms with Crippen molar-refractivity contribution >= 4 is 52.5 Å². The maximum Gasteiger partial charge on any atom is 0.307 e. The van der Waals surface area contributed by atoms with Crippen molar-refractivity contribution in [3.63, 3.8) is 0 Å². The summed E-state index contributed by atoms with van der Waals surface area (Å²) < 4.78 is 18.3. The lowest BCUT2D eigenvalue weighted by Crippen LogP contribution is -2.12. The zero-order chi connectivity index (χ0) is 23.7. The predicted octanol–water partition coefficient (Wildman–Crippen LogP) is 6.68. The van der Waals surface area contributed by atoms with Crippen molar-refractivity contribution in [3.05, 3.63) is 68.7 Å². The quantitative estimate of drug-likeness (QED) is 0.333. The Bertz CT molecular complexity index is 1200. The number of benzene rings is 2. The van der Waals surface area contributed by atoms with Crippen LogP contribution in [0.4, 0.5) is 0 Å². The van der Waals surface area contributed by atoms with Gasteiger partial charge in [0.1, 0.15) is 5.82 Å². The van der Waals surface area contributed by atoms with Crippen molar-refractivity contribution in [2.24, 2.45) is 0 Å². The molecule has 174 valence electrons. The molecule has 1 aliphatic heterocycles. The topological polar surface area (TPSA) is 62.6 Å². The number of aromatic nitrogens is 2. The molecule has 0 saturated carbocycles. The van der Waals surface area contributed by atoms with E-state index in [9.17, 15) is 4.79 Å². The lowest BCUT2D eigenvalue weighted by atomic mass is 10.0. The van der Waals surface area contributed by atoms with Crippen molar-refractivity contribution < 1.29 is 19.0 Å². The molecule has 0 spiro atoms. The molecule has 0 bridgehead atoms. The zero-order valence-corrected chi connectivity index (χ0v) is 21.2. The first-order valence-electron chi connectivity index (χ1n) is 10.1. The van der Waals surface area contributed by atoms with Crippen LogP contribution in [-0.2, 0) is 9.53 Å². The van der Waals surface area contributed by atoms with Gasteiger partial charge in [0, 0.05) is 10.6 Å². The van der Waals surface area contributed by atoms with Gasteiger partial charge in [0.2, 0.25) is 0 Å². The Morgan fingerprint density at radius 2 is 1.91 bits per heavy atom. The van der Waals surface area contributed by atoms with Crippen LogP contribution >= 0.6 is 46.6 Å². The second-order valence-electron chi connectivity index (χ2n) is 7.19. The highest BCUT2D eigenvalue weighted by molar-refractivity contribution is 8.00. The van der Waals surface area contributed by atoms with E-state index in [0.717, 1.165) is 16.8 Å². The van der Waals surface area contributed by atoms with Gasteiger partial charge < -0.3 is 14.2 Å². The van der Waals surface area contributed by atoms with Crippen molar-refractivity contribution in [2.45, 2.75) is 23.8 Å². The highest BCUT2D eigenvalue weighted by atomic mass is 35.5. The van der Waals surface area contributed by atoms with Gasteiger partial charge in [-0.05, 0) is 36.8 Å². The molecule has 0 N–H and O–H groups in total. The standard InChI is InChI=1S/C23H21Cl3N2O4S/c1-4-32-18(29)11-17-23-27-21(25)22(26)28(23)15-9-8-12(24)10-14(15)20(33-17)13-6-5-7-16(30-2)19(13)31-3/h5-10,17,20H,4,11H2,1-3H3/t17-,20-/m0/s1. The highest BCUT2D eigenvalue weighted by Gasteiger charge is 2.36. The second-order valence-corrected chi connectivity index (χ2v) is 9.65. The molecule has 33 heavy (non-hydrogen) atoms. The van der Waals surface area contributed by atoms with Crippen LogP contribution in [0.1, 0.15) is 40.8 Å². The summed E-state index contributed by atoms with van der Waals surface area (Å²) in [6.45, 7) is 2.06. The lowest BCUT2D eigenvalue weighted by molar-refractivity contribution is -0.143. The first-order valence-corrected chi connectivity index (χ1v) is 12.2. The molecule has 2 heterocycles. The van der Waals surface area contributed by atoms with E-state index in [-0.39, 0.29) is 34.6 Å². The molecule has 0 aliphatic carbocycles. The fourth-order valence-corrected chi connectivity index (χ4v) is 6.02. The Morgan fingerprint density at radius 1 is 1.12 bits per heavy atom. The first-order chi connectivity index (χ1) is 15.9. The van der Waals surface area contributed by atoms with Crippen molar-refractivity contribution in [1.29, 1.82) is 0 Å². The molecule has 6 nitrogen and oxygen atoms in total. The first kappa shape index (κ1) is 24.1. The highest BCUT2D eigenvalue weighted by Crippen LogP contribution is 2.54. The van der Waals surface area contributed by atoms with E-state index in [0.29, 0.717) is 22.3 Å². The third-order valence-corrected chi connectivity index (χ3v) is 7.71. The zero-order valence-electron chi connectivity index (χ0n) is 18.1. The monoisotopic (exact) mass is 526 g/mol. The van der Waals surface area contributed by atoms with Gasteiger partial charge in [0.15, 0.2) is 21.8 Å². The van der Waals surface area contributed by atoms with Crippen LogP contribution < -0.4 is 9.47 Å². The number of hydrogen-bond donors (Lipinski definition) is 0. The van der Waals surface area contributed by atoms with Crippen molar-refractivity contribution in [3.8, 4) is 17.2 Å². The second kappa shape index (κ2) is 10.1. The SMILES string of the molecule is CCOC(=O)C[C@@H]1S[C@@H](c2cccc(OC)c2OC)c2cc(Cl)ccc2-n2c1nc(Cl)c2Cl. The molecule has 1 aliphatic rings. The number of esters is 1. The van der Waals surface area contributed by atoms with Gasteiger partial charge in [0.25, 0.3) is 0 Å². The summed E-state index contributed by atoms with van der Waals surface area (Å²) in [5.74, 6) is 1.43. The number of carbonyl (C=O) groups is 1. The molecule has 0 radical (unpaired) electrons. The van der Waals surface area contributed by atoms with E-state index >= 15 is 0 Å². The third kappa shape index (κ3) is 4.52. The van der Waals surface area contributed by atoms with Gasteiger partial charge >= 0.3 is 5.97 Å². The van der Waals surface area contributed by atoms with E-state index in [1.165, 1.54) is 11.8 Å². The number of fused-ring (bicyclic) bond motifs is 3. The van der Waals surface area contributed by atoms with Crippen LogP contribution in [-0.4, -0.2) is 36.3 Å². The minimum atomic E-state index is -0.402. The van der Waals surface area contributed by atoms with Crippen LogP contribution in [0.25, 0.3) is 5.69 Å². The fraction of sp³-hybridized carbons (Fsp3) is 0.304. The Morgan fingerprint density at radius 3 is 2.61 bits per heavy atom. The molecule has 4 rings (SSSR count). The van der Waals surface area contributed by atoms with Gasteiger partial charge in [0.05, 0.1) is 43.4 Å². The van der Waals surface area contributed by atoms with Crippen LogP contribution in [0.5, 0.6) is 11.5 Å². The van der Waals surface area contributed by atoms with Gasteiger partial charge in [-0.3, -0.25) is 9.36 Å². The third-order valence-electron chi connectivity index (χ3n) is 5.28. The van der Waals surface area contributed by atoms with Crippen LogP contribution in [0.2, 0.25) is 15.3 Å². The number of halogens is 3. The molecule has 1 aromatic heterocycles. The smallest absolute Gasteiger partial charge is 0.307 e. The average Bonchev–Trinajstić information content (AvgIpc) is 3.03. The number of imidazole rings is 1. The van der Waals surface area contributed by atoms with Gasteiger partial charge in [-0.1, -0.05) is 46.9 Å². The molecular weight excluding hydrogens is 507 g/mol. The van der Waals surface area contributed by atoms with Gasteiger partial charge in [-0.2, -0.15) is 0 Å². The number of hydrogen-bond acceptors (Lipinski definition) is 6. The number of ether oxygens (including phenoxy) is 3. The number of methoxy groups -OCH3 is 2. The minimum Gasteiger partial charge on any atom is -0.493 e. The Hall–Kier alpha value is -2.06. The molecule has 10 heteroatoms. The fourth-order valence-electron chi connectivity index (χ4n) is 3.94. The summed E-state index contributed by atoms with van der Waals surface area (Å²) in [6.07, 6.45) is 0.0900. The molecule has 0 unspecified atom stereocenters. The molecule has 0 saturated heterocycles. The summed E-state index contributed by atoms with van der Waals surface area (Å²) in [5.41, 5.74) is 2.52. The summed E-state index contributed by atoms with van der Waals surface area (Å²) in [4.78, 5) is 17.0. The summed E-state index contributed by atoms with van der Waals surface area (Å²) in [5, 5.41) is 0.317. The summed E-state index contributed by atoms with van der Waals surface area (Å²) in [6, 6.07) is 11.2. The van der Waals surface area contributed by atoms with Crippen molar-refractivity contribution in [1.82, 2.24) is 9.55 Å². The van der Waals surface area contributed by atoms with E-state index in [4.69, 9.17) is 49.0 Å². The van der Waals surface area contributed by atoms with Gasteiger partial charge in [-0.15, -0.1) is 11.8 Å². The largest absolute Gasteiger partial charge is 0.493 e. The Balaban J connectivity index is 1.97. The minimum absolute atomic E-state index is 0.0900. The van der Waals surface area contributed by atoms with Crippen LogP contribution in [0.3, 0.4) is 0 Å². The van der Waals surface area contributed by atoms with E-state index in [1.54, 1.807) is 31.8 Å². The number of para-hydroxylation sites is 1. The number of carbonyl (C=O) groups excluding carboxylic acids is 1. The van der Waals surface area contributed by atoms with E-state index in [2.05, 4.69) is 4.98 Å². The Kier molecular flexibility index (Phi) is 7.34. The molecule has 2 aromatic carbocycles.